The van der Waals surface area contributed by atoms with Crippen molar-refractivity contribution < 1.29 is 8.78 Å². The van der Waals surface area contributed by atoms with Crippen LogP contribution in [0.4, 0.5) is 8.78 Å². The molecule has 0 spiro atoms. The van der Waals surface area contributed by atoms with Crippen molar-refractivity contribution in [2.24, 2.45) is 0 Å². The molecular weight excluding hydrogens is 911 g/mol. The van der Waals surface area contributed by atoms with E-state index in [2.05, 4.69) is 214 Å². The van der Waals surface area contributed by atoms with E-state index in [1.807, 2.05) is 24.3 Å². The van der Waals surface area contributed by atoms with Gasteiger partial charge in [0.2, 0.25) is 0 Å². The second-order valence-corrected chi connectivity index (χ2v) is 19.5. The molecule has 11 aromatic carbocycles. The maximum absolute atomic E-state index is 15.3. The van der Waals surface area contributed by atoms with E-state index in [1.54, 1.807) is 24.3 Å². The molecule has 0 saturated heterocycles. The van der Waals surface area contributed by atoms with Crippen LogP contribution in [0, 0.1) is 25.5 Å². The number of para-hydroxylation sites is 6. The predicted molar refractivity (Wildman–Crippen MR) is 304 cm³/mol. The summed E-state index contributed by atoms with van der Waals surface area (Å²) in [5.41, 5.74) is 18.4. The fourth-order valence-corrected chi connectivity index (χ4v) is 12.7. The molecule has 0 N–H and O–H groups in total. The van der Waals surface area contributed by atoms with Gasteiger partial charge >= 0.3 is 0 Å². The Balaban J connectivity index is 1.20. The van der Waals surface area contributed by atoms with Crippen LogP contribution < -0.4 is 0 Å². The molecule has 0 fully saturated rings. The molecule has 0 aliphatic heterocycles. The molecule has 74 heavy (non-hydrogen) atoms. The first-order chi connectivity index (χ1) is 36.4. The summed E-state index contributed by atoms with van der Waals surface area (Å²) in [6.07, 6.45) is 0. The maximum Gasteiger partial charge on any atom is 0.123 e. The van der Waals surface area contributed by atoms with Gasteiger partial charge in [0.05, 0.1) is 55.5 Å². The van der Waals surface area contributed by atoms with Gasteiger partial charge in [0, 0.05) is 65.6 Å². The highest BCUT2D eigenvalue weighted by molar-refractivity contribution is 6.28. The number of nitrogens with zero attached hydrogens (tertiary/aromatic N) is 4. The minimum absolute atomic E-state index is 0.309. The molecule has 15 aromatic rings. The molecule has 0 bridgehead atoms. The van der Waals surface area contributed by atoms with E-state index in [9.17, 15) is 0 Å². The number of hydrogen-bond acceptors (Lipinski definition) is 0. The van der Waals surface area contributed by atoms with Crippen LogP contribution in [0.2, 0.25) is 0 Å². The topological polar surface area (TPSA) is 19.7 Å². The van der Waals surface area contributed by atoms with Crippen LogP contribution in [0.15, 0.2) is 231 Å². The zero-order chi connectivity index (χ0) is 49.3. The molecule has 0 aliphatic carbocycles. The number of aromatic nitrogens is 4. The number of fused-ring (bicyclic) bond motifs is 14. The van der Waals surface area contributed by atoms with Crippen molar-refractivity contribution in [3.05, 3.63) is 253 Å². The SMILES string of the molecule is Cc1c(-c2ccc(F)cc2)c(-n2c3ccccc3c3ccc4c(c5ccccc5n4-c4ccccc4)c32)c(C)c(-n2c3ccccc3c3ccc4c(c5ccccc5n4-c4ccccc4)c32)c1-c1ccc(F)cc1. The normalized spacial score (nSPS) is 12.1. The first-order valence-corrected chi connectivity index (χ1v) is 25.2. The van der Waals surface area contributed by atoms with Crippen LogP contribution >= 0.6 is 0 Å². The van der Waals surface area contributed by atoms with E-state index in [0.717, 1.165) is 143 Å². The third kappa shape index (κ3) is 5.88. The molecule has 0 amide bonds. The summed E-state index contributed by atoms with van der Waals surface area (Å²) < 4.78 is 40.3. The van der Waals surface area contributed by atoms with E-state index < -0.39 is 0 Å². The molecule has 0 radical (unpaired) electrons. The molecular formula is C68H44F2N4. The lowest BCUT2D eigenvalue weighted by atomic mass is 9.86. The van der Waals surface area contributed by atoms with Crippen LogP contribution in [0.5, 0.6) is 0 Å². The Morgan fingerprint density at radius 3 is 1.00 bits per heavy atom. The van der Waals surface area contributed by atoms with Crippen molar-refractivity contribution in [1.29, 1.82) is 0 Å². The fourth-order valence-electron chi connectivity index (χ4n) is 12.7. The molecule has 4 heterocycles. The Kier molecular flexibility index (Phi) is 9.12. The van der Waals surface area contributed by atoms with Crippen LogP contribution in [0.3, 0.4) is 0 Å². The number of hydrogen-bond donors (Lipinski definition) is 0. The fraction of sp³-hybridized carbons (Fsp3) is 0.0294. The third-order valence-electron chi connectivity index (χ3n) is 15.6. The lowest BCUT2D eigenvalue weighted by molar-refractivity contribution is 0.627. The molecule has 4 nitrogen and oxygen atoms in total. The predicted octanol–water partition coefficient (Wildman–Crippen LogP) is 18.3. The highest BCUT2D eigenvalue weighted by Crippen LogP contribution is 2.51. The van der Waals surface area contributed by atoms with Gasteiger partial charge in [0.15, 0.2) is 0 Å². The lowest BCUT2D eigenvalue weighted by Crippen LogP contribution is -2.10. The Labute approximate surface area is 424 Å². The van der Waals surface area contributed by atoms with Gasteiger partial charge in [-0.15, -0.1) is 0 Å². The van der Waals surface area contributed by atoms with E-state index in [1.165, 1.54) is 0 Å². The maximum atomic E-state index is 15.3. The zero-order valence-corrected chi connectivity index (χ0v) is 40.5. The molecule has 0 atom stereocenters. The van der Waals surface area contributed by atoms with Crippen molar-refractivity contribution in [1.82, 2.24) is 18.3 Å². The molecule has 0 aliphatic rings. The first kappa shape index (κ1) is 42.2. The Bertz CT molecular complexity index is 4480. The third-order valence-corrected chi connectivity index (χ3v) is 15.6. The number of halogens is 2. The summed E-state index contributed by atoms with van der Waals surface area (Å²) in [4.78, 5) is 0. The van der Waals surface area contributed by atoms with Crippen LogP contribution in [0.1, 0.15) is 11.1 Å². The largest absolute Gasteiger partial charge is 0.309 e. The minimum Gasteiger partial charge on any atom is -0.309 e. The van der Waals surface area contributed by atoms with Crippen LogP contribution in [0.25, 0.3) is 132 Å². The van der Waals surface area contributed by atoms with Gasteiger partial charge in [-0.1, -0.05) is 146 Å². The minimum atomic E-state index is -0.309. The molecule has 350 valence electrons. The van der Waals surface area contributed by atoms with Crippen molar-refractivity contribution in [2.75, 3.05) is 0 Å². The first-order valence-electron chi connectivity index (χ1n) is 25.2. The second kappa shape index (κ2) is 16.0. The molecule has 4 aromatic heterocycles. The summed E-state index contributed by atoms with van der Waals surface area (Å²) in [5.74, 6) is -0.618. The highest BCUT2D eigenvalue weighted by Gasteiger charge is 2.31. The number of rotatable bonds is 6. The Morgan fingerprint density at radius 1 is 0.270 bits per heavy atom. The summed E-state index contributed by atoms with van der Waals surface area (Å²) in [6.45, 7) is 4.45. The van der Waals surface area contributed by atoms with Crippen molar-refractivity contribution >= 4 is 87.2 Å². The summed E-state index contributed by atoms with van der Waals surface area (Å²) in [5, 5.41) is 9.06. The average Bonchev–Trinajstić information content (AvgIpc) is 4.22. The number of benzene rings is 11. The quantitative estimate of drug-likeness (QED) is 0.158. The van der Waals surface area contributed by atoms with Gasteiger partial charge < -0.3 is 18.3 Å². The van der Waals surface area contributed by atoms with Crippen molar-refractivity contribution in [2.45, 2.75) is 13.8 Å². The van der Waals surface area contributed by atoms with Gasteiger partial charge in [0.25, 0.3) is 0 Å². The summed E-state index contributed by atoms with van der Waals surface area (Å²) >= 11 is 0. The van der Waals surface area contributed by atoms with E-state index in [-0.39, 0.29) is 11.6 Å². The Morgan fingerprint density at radius 2 is 0.608 bits per heavy atom. The van der Waals surface area contributed by atoms with E-state index in [4.69, 9.17) is 0 Å². The Hall–Kier alpha value is -9.52. The molecule has 0 unspecified atom stereocenters. The van der Waals surface area contributed by atoms with Gasteiger partial charge in [0.1, 0.15) is 11.6 Å². The lowest BCUT2D eigenvalue weighted by Gasteiger charge is -2.27. The molecule has 0 saturated carbocycles. The van der Waals surface area contributed by atoms with Gasteiger partial charge in [-0.05, 0) is 121 Å². The average molecular weight is 955 g/mol. The zero-order valence-electron chi connectivity index (χ0n) is 40.5. The molecule has 6 heteroatoms. The van der Waals surface area contributed by atoms with Crippen LogP contribution in [-0.2, 0) is 0 Å². The van der Waals surface area contributed by atoms with Gasteiger partial charge in [-0.3, -0.25) is 0 Å². The van der Waals surface area contributed by atoms with Crippen molar-refractivity contribution in [3.63, 3.8) is 0 Å². The van der Waals surface area contributed by atoms with Crippen LogP contribution in [-0.4, -0.2) is 18.3 Å². The standard InChI is InChI=1S/C68H44F2N4/c1-41-61(43-29-33-45(69)34-30-43)65(73-55-25-13-9-21-49(55)51-37-39-59-63(67(51)73)53-23-11-15-27-57(53)71(59)47-17-5-3-6-18-47)42(2)66(62(41)44-31-35-46(70)36-32-44)74-56-26-14-10-22-50(56)52-38-40-60-64(68(52)74)54-24-12-16-28-58(54)72(60)48-19-7-4-8-20-48/h3-40H,1-2H3. The highest BCUT2D eigenvalue weighted by atomic mass is 19.1. The summed E-state index contributed by atoms with van der Waals surface area (Å²) in [7, 11) is 0. The monoisotopic (exact) mass is 954 g/mol. The molecule has 15 rings (SSSR count). The van der Waals surface area contributed by atoms with Gasteiger partial charge in [-0.25, -0.2) is 8.78 Å². The second-order valence-electron chi connectivity index (χ2n) is 19.5. The van der Waals surface area contributed by atoms with E-state index in [0.29, 0.717) is 0 Å². The summed E-state index contributed by atoms with van der Waals surface area (Å²) in [6, 6.07) is 79.0. The van der Waals surface area contributed by atoms with Gasteiger partial charge in [-0.2, -0.15) is 0 Å². The smallest absolute Gasteiger partial charge is 0.123 e. The van der Waals surface area contributed by atoms with E-state index >= 15 is 8.78 Å². The van der Waals surface area contributed by atoms with Crippen molar-refractivity contribution in [3.8, 4) is 45.0 Å².